The maximum atomic E-state index is 9.34. The van der Waals surface area contributed by atoms with Crippen LogP contribution in [-0.4, -0.2) is 18.3 Å². The average Bonchev–Trinajstić information content (AvgIpc) is 2.11. The smallest absolute Gasteiger partial charge is 0.140 e. The molecule has 3 heteroatoms. The van der Waals surface area contributed by atoms with Crippen molar-refractivity contribution in [1.82, 2.24) is 0 Å². The molecule has 0 radical (unpaired) electrons. The van der Waals surface area contributed by atoms with Crippen molar-refractivity contribution in [2.24, 2.45) is 0 Å². The highest BCUT2D eigenvalue weighted by Gasteiger charge is 2.12. The molecule has 1 rings (SSSR count). The number of ether oxygens (including phenoxy) is 1. The van der Waals surface area contributed by atoms with Crippen molar-refractivity contribution in [2.75, 3.05) is 7.11 Å². The van der Waals surface area contributed by atoms with Gasteiger partial charge in [0.05, 0.1) is 18.2 Å². The fourth-order valence-electron chi connectivity index (χ4n) is 1.47. The van der Waals surface area contributed by atoms with E-state index in [1.807, 2.05) is 13.0 Å². The summed E-state index contributed by atoms with van der Waals surface area (Å²) < 4.78 is 5.21. The van der Waals surface area contributed by atoms with Crippen molar-refractivity contribution >= 4 is 11.6 Å². The van der Waals surface area contributed by atoms with Gasteiger partial charge < -0.3 is 9.84 Å². The Morgan fingerprint density at radius 1 is 1.50 bits per heavy atom. The molecule has 0 saturated heterocycles. The van der Waals surface area contributed by atoms with Gasteiger partial charge in [0.1, 0.15) is 5.75 Å². The third-order valence-electron chi connectivity index (χ3n) is 2.15. The SMILES string of the molecule is COc1c(Cl)ccc(C)c1CC(C)O. The summed E-state index contributed by atoms with van der Waals surface area (Å²) in [5.74, 6) is 0.674. The largest absolute Gasteiger partial charge is 0.495 e. The predicted octanol–water partition coefficient (Wildman–Crippen LogP) is 2.58. The summed E-state index contributed by atoms with van der Waals surface area (Å²) >= 11 is 5.98. The van der Waals surface area contributed by atoms with Gasteiger partial charge in [0.2, 0.25) is 0 Å². The van der Waals surface area contributed by atoms with E-state index in [0.717, 1.165) is 11.1 Å². The Morgan fingerprint density at radius 2 is 2.14 bits per heavy atom. The normalized spacial score (nSPS) is 12.6. The number of aliphatic hydroxyl groups excluding tert-OH is 1. The van der Waals surface area contributed by atoms with Crippen LogP contribution in [0.4, 0.5) is 0 Å². The van der Waals surface area contributed by atoms with Crippen molar-refractivity contribution in [2.45, 2.75) is 26.4 Å². The van der Waals surface area contributed by atoms with E-state index in [2.05, 4.69) is 0 Å². The van der Waals surface area contributed by atoms with Crippen LogP contribution in [0, 0.1) is 6.92 Å². The number of aliphatic hydroxyl groups is 1. The molecule has 0 bridgehead atoms. The zero-order chi connectivity index (χ0) is 10.7. The van der Waals surface area contributed by atoms with E-state index < -0.39 is 0 Å². The van der Waals surface area contributed by atoms with E-state index in [-0.39, 0.29) is 6.10 Å². The molecule has 0 spiro atoms. The third-order valence-corrected chi connectivity index (χ3v) is 2.45. The van der Waals surface area contributed by atoms with Gasteiger partial charge in [-0.05, 0) is 25.5 Å². The Kier molecular flexibility index (Phi) is 3.78. The van der Waals surface area contributed by atoms with Crippen LogP contribution in [-0.2, 0) is 6.42 Å². The second-order valence-electron chi connectivity index (χ2n) is 3.43. The molecule has 1 N–H and O–H groups in total. The molecule has 0 fully saturated rings. The van der Waals surface area contributed by atoms with Gasteiger partial charge in [-0.2, -0.15) is 0 Å². The van der Waals surface area contributed by atoms with Crippen molar-refractivity contribution in [3.8, 4) is 5.75 Å². The summed E-state index contributed by atoms with van der Waals surface area (Å²) in [7, 11) is 1.59. The highest BCUT2D eigenvalue weighted by Crippen LogP contribution is 2.31. The van der Waals surface area contributed by atoms with E-state index in [4.69, 9.17) is 16.3 Å². The lowest BCUT2D eigenvalue weighted by molar-refractivity contribution is 0.194. The van der Waals surface area contributed by atoms with E-state index >= 15 is 0 Å². The molecule has 0 heterocycles. The van der Waals surface area contributed by atoms with Gasteiger partial charge in [-0.15, -0.1) is 0 Å². The molecule has 1 aromatic rings. The van der Waals surface area contributed by atoms with Crippen LogP contribution in [0.15, 0.2) is 12.1 Å². The summed E-state index contributed by atoms with van der Waals surface area (Å²) in [4.78, 5) is 0. The van der Waals surface area contributed by atoms with Gasteiger partial charge in [-0.3, -0.25) is 0 Å². The second kappa shape index (κ2) is 4.67. The standard InChI is InChI=1S/C11H15ClO2/c1-7-4-5-10(12)11(14-3)9(7)6-8(2)13/h4-5,8,13H,6H2,1-3H3. The van der Waals surface area contributed by atoms with Crippen LogP contribution < -0.4 is 4.74 Å². The molecule has 1 atom stereocenters. The molecule has 0 amide bonds. The number of hydrogen-bond acceptors (Lipinski definition) is 2. The molecule has 1 unspecified atom stereocenters. The fraction of sp³-hybridized carbons (Fsp3) is 0.455. The Morgan fingerprint density at radius 3 is 2.64 bits per heavy atom. The third kappa shape index (κ3) is 2.40. The van der Waals surface area contributed by atoms with Gasteiger partial charge in [-0.1, -0.05) is 17.7 Å². The van der Waals surface area contributed by atoms with Crippen LogP contribution >= 0.6 is 11.6 Å². The van der Waals surface area contributed by atoms with E-state index in [9.17, 15) is 5.11 Å². The molecule has 1 aromatic carbocycles. The number of halogens is 1. The van der Waals surface area contributed by atoms with Crippen LogP contribution in [0.2, 0.25) is 5.02 Å². The van der Waals surface area contributed by atoms with E-state index in [0.29, 0.717) is 17.2 Å². The highest BCUT2D eigenvalue weighted by atomic mass is 35.5. The topological polar surface area (TPSA) is 29.5 Å². The van der Waals surface area contributed by atoms with E-state index in [1.54, 1.807) is 20.1 Å². The van der Waals surface area contributed by atoms with Gasteiger partial charge >= 0.3 is 0 Å². The highest BCUT2D eigenvalue weighted by molar-refractivity contribution is 6.32. The minimum Gasteiger partial charge on any atom is -0.495 e. The lowest BCUT2D eigenvalue weighted by atomic mass is 10.0. The van der Waals surface area contributed by atoms with Crippen LogP contribution in [0.5, 0.6) is 5.75 Å². The van der Waals surface area contributed by atoms with Crippen molar-refractivity contribution in [3.05, 3.63) is 28.3 Å². The maximum absolute atomic E-state index is 9.34. The van der Waals surface area contributed by atoms with Gasteiger partial charge in [-0.25, -0.2) is 0 Å². The van der Waals surface area contributed by atoms with Crippen LogP contribution in [0.3, 0.4) is 0 Å². The molecule has 78 valence electrons. The van der Waals surface area contributed by atoms with E-state index in [1.165, 1.54) is 0 Å². The number of hydrogen-bond donors (Lipinski definition) is 1. The first-order valence-corrected chi connectivity index (χ1v) is 4.94. The zero-order valence-corrected chi connectivity index (χ0v) is 9.43. The Balaban J connectivity index is 3.16. The van der Waals surface area contributed by atoms with Gasteiger partial charge in [0, 0.05) is 12.0 Å². The van der Waals surface area contributed by atoms with Crippen molar-refractivity contribution in [1.29, 1.82) is 0 Å². The molecule has 0 aliphatic carbocycles. The number of aryl methyl sites for hydroxylation is 1. The quantitative estimate of drug-likeness (QED) is 0.838. The lowest BCUT2D eigenvalue weighted by Crippen LogP contribution is -2.07. The Hall–Kier alpha value is -0.730. The Bertz CT molecular complexity index is 321. The molecular weight excluding hydrogens is 200 g/mol. The first-order chi connectivity index (χ1) is 6.56. The second-order valence-corrected chi connectivity index (χ2v) is 3.84. The molecule has 0 aliphatic heterocycles. The maximum Gasteiger partial charge on any atom is 0.140 e. The minimum absolute atomic E-state index is 0.388. The molecule has 0 aromatic heterocycles. The number of rotatable bonds is 3. The first kappa shape index (κ1) is 11.3. The summed E-state index contributed by atoms with van der Waals surface area (Å²) in [6.07, 6.45) is 0.177. The molecule has 0 saturated carbocycles. The van der Waals surface area contributed by atoms with Gasteiger partial charge in [0.15, 0.2) is 0 Å². The summed E-state index contributed by atoms with van der Waals surface area (Å²) in [5.41, 5.74) is 2.07. The average molecular weight is 215 g/mol. The molecule has 2 nitrogen and oxygen atoms in total. The monoisotopic (exact) mass is 214 g/mol. The fourth-order valence-corrected chi connectivity index (χ4v) is 1.72. The predicted molar refractivity (Wildman–Crippen MR) is 58.1 cm³/mol. The van der Waals surface area contributed by atoms with Crippen molar-refractivity contribution in [3.63, 3.8) is 0 Å². The lowest BCUT2D eigenvalue weighted by Gasteiger charge is -2.14. The van der Waals surface area contributed by atoms with Crippen molar-refractivity contribution < 1.29 is 9.84 Å². The summed E-state index contributed by atoms with van der Waals surface area (Å²) in [5, 5.41) is 9.93. The van der Waals surface area contributed by atoms with Crippen LogP contribution in [0.1, 0.15) is 18.1 Å². The van der Waals surface area contributed by atoms with Gasteiger partial charge in [0.25, 0.3) is 0 Å². The molecule has 14 heavy (non-hydrogen) atoms. The summed E-state index contributed by atoms with van der Waals surface area (Å²) in [6.45, 7) is 3.73. The molecule has 0 aliphatic rings. The molecular formula is C11H15ClO2. The minimum atomic E-state index is -0.388. The summed E-state index contributed by atoms with van der Waals surface area (Å²) in [6, 6.07) is 3.74. The number of methoxy groups -OCH3 is 1. The zero-order valence-electron chi connectivity index (χ0n) is 8.67. The Labute approximate surface area is 89.5 Å². The van der Waals surface area contributed by atoms with Crippen LogP contribution in [0.25, 0.3) is 0 Å². The number of benzene rings is 1. The first-order valence-electron chi connectivity index (χ1n) is 4.56.